The van der Waals surface area contributed by atoms with Crippen LogP contribution in [0.15, 0.2) is 40.9 Å². The summed E-state index contributed by atoms with van der Waals surface area (Å²) < 4.78 is 33.8. The van der Waals surface area contributed by atoms with Crippen molar-refractivity contribution in [3.63, 3.8) is 0 Å². The van der Waals surface area contributed by atoms with Crippen LogP contribution >= 0.6 is 15.9 Å². The topological polar surface area (TPSA) is 50.3 Å². The lowest BCUT2D eigenvalue weighted by Crippen LogP contribution is -2.39. The van der Waals surface area contributed by atoms with Crippen molar-refractivity contribution in [3.05, 3.63) is 52.5 Å². The Morgan fingerprint density at radius 1 is 0.967 bits per heavy atom. The van der Waals surface area contributed by atoms with Crippen molar-refractivity contribution >= 4 is 38.6 Å². The maximum atomic E-state index is 13.9. The van der Waals surface area contributed by atoms with Gasteiger partial charge < -0.3 is 15.0 Å². The van der Waals surface area contributed by atoms with Crippen LogP contribution in [0.3, 0.4) is 0 Å². The van der Waals surface area contributed by atoms with Crippen LogP contribution in [0.1, 0.15) is 25.7 Å². The molecule has 3 aromatic rings. The predicted octanol–water partition coefficient (Wildman–Crippen LogP) is 5.29. The largest absolute Gasteiger partial charge is 0.487 e. The molecule has 0 atom stereocenters. The molecule has 1 aliphatic heterocycles. The first-order valence-electron chi connectivity index (χ1n) is 10.2. The van der Waals surface area contributed by atoms with Crippen molar-refractivity contribution in [1.82, 2.24) is 9.97 Å². The number of anilines is 2. The molecule has 0 radical (unpaired) electrons. The molecule has 2 aliphatic rings. The highest BCUT2D eigenvalue weighted by Crippen LogP contribution is 2.33. The first-order valence-corrected chi connectivity index (χ1v) is 10.9. The average Bonchev–Trinajstić information content (AvgIpc) is 3.54. The van der Waals surface area contributed by atoms with Crippen LogP contribution in [-0.2, 0) is 0 Å². The highest BCUT2D eigenvalue weighted by atomic mass is 79.9. The molecule has 1 saturated heterocycles. The lowest BCUT2D eigenvalue weighted by Gasteiger charge is -2.33. The second-order valence-electron chi connectivity index (χ2n) is 7.83. The van der Waals surface area contributed by atoms with Crippen LogP contribution in [0.2, 0.25) is 0 Å². The number of nitrogens with one attached hydrogen (secondary N) is 1. The Kier molecular flexibility index (Phi) is 5.18. The Hall–Kier alpha value is -2.48. The van der Waals surface area contributed by atoms with Crippen molar-refractivity contribution in [2.45, 2.75) is 37.8 Å². The number of fused-ring (bicyclic) bond motifs is 1. The molecule has 5 rings (SSSR count). The molecule has 2 aromatic carbocycles. The molecule has 156 valence electrons. The minimum atomic E-state index is -0.667. The third-order valence-corrected chi connectivity index (χ3v) is 5.95. The average molecular weight is 475 g/mol. The van der Waals surface area contributed by atoms with Gasteiger partial charge in [-0.3, -0.25) is 0 Å². The summed E-state index contributed by atoms with van der Waals surface area (Å²) >= 11 is 3.50. The third kappa shape index (κ3) is 4.19. The molecule has 0 bridgehead atoms. The van der Waals surface area contributed by atoms with Gasteiger partial charge in [-0.25, -0.2) is 18.7 Å². The van der Waals surface area contributed by atoms with Gasteiger partial charge in [0.2, 0.25) is 0 Å². The van der Waals surface area contributed by atoms with Crippen LogP contribution < -0.4 is 15.0 Å². The Labute approximate surface area is 181 Å². The van der Waals surface area contributed by atoms with Crippen LogP contribution in [0.25, 0.3) is 11.0 Å². The summed E-state index contributed by atoms with van der Waals surface area (Å²) in [6, 6.07) is 9.78. The zero-order valence-corrected chi connectivity index (χ0v) is 17.8. The van der Waals surface area contributed by atoms with E-state index in [1.807, 2.05) is 18.2 Å². The molecule has 5 nitrogen and oxygen atoms in total. The number of ether oxygens (including phenoxy) is 1. The second kappa shape index (κ2) is 7.98. The number of rotatable bonds is 5. The SMILES string of the molecule is Fc1ccc(OC2CCN(c3nc4cc(Br)ccc4nc3NC3CC3)CC2)c(F)c1. The molecule has 0 unspecified atom stereocenters. The molecule has 1 aromatic heterocycles. The standard InChI is InChI=1S/C22H21BrF2N4O/c23-13-1-5-18-19(11-13)28-22(21(27-18)26-15-3-4-15)29-9-7-16(8-10-29)30-20-6-2-14(24)12-17(20)25/h1-2,5-6,11-12,15-16H,3-4,7-10H2,(H,26,27). The van der Waals surface area contributed by atoms with Crippen molar-refractivity contribution in [3.8, 4) is 5.75 Å². The van der Waals surface area contributed by atoms with Crippen molar-refractivity contribution in [2.75, 3.05) is 23.3 Å². The van der Waals surface area contributed by atoms with E-state index < -0.39 is 11.6 Å². The summed E-state index contributed by atoms with van der Waals surface area (Å²) in [6.07, 6.45) is 3.62. The Morgan fingerprint density at radius 3 is 2.50 bits per heavy atom. The molecule has 1 N–H and O–H groups in total. The molecular formula is C22H21BrF2N4O. The number of halogens is 3. The van der Waals surface area contributed by atoms with Gasteiger partial charge in [0, 0.05) is 42.5 Å². The first kappa shape index (κ1) is 19.5. The summed E-state index contributed by atoms with van der Waals surface area (Å²) in [6.45, 7) is 1.45. The van der Waals surface area contributed by atoms with E-state index in [0.717, 1.165) is 72.0 Å². The maximum absolute atomic E-state index is 13.9. The number of benzene rings is 2. The lowest BCUT2D eigenvalue weighted by molar-refractivity contribution is 0.163. The van der Waals surface area contributed by atoms with Gasteiger partial charge in [-0.2, -0.15) is 0 Å². The van der Waals surface area contributed by atoms with Gasteiger partial charge >= 0.3 is 0 Å². The van der Waals surface area contributed by atoms with E-state index in [1.165, 1.54) is 12.1 Å². The Bertz CT molecular complexity index is 1080. The molecule has 2 fully saturated rings. The van der Waals surface area contributed by atoms with Gasteiger partial charge in [0.25, 0.3) is 0 Å². The quantitative estimate of drug-likeness (QED) is 0.544. The molecule has 2 heterocycles. The van der Waals surface area contributed by atoms with Crippen molar-refractivity contribution < 1.29 is 13.5 Å². The monoisotopic (exact) mass is 474 g/mol. The van der Waals surface area contributed by atoms with Gasteiger partial charge in [0.1, 0.15) is 11.9 Å². The van der Waals surface area contributed by atoms with Crippen LogP contribution in [0.4, 0.5) is 20.4 Å². The number of nitrogens with zero attached hydrogens (tertiary/aromatic N) is 3. The zero-order valence-electron chi connectivity index (χ0n) is 16.2. The summed E-state index contributed by atoms with van der Waals surface area (Å²) in [7, 11) is 0. The summed E-state index contributed by atoms with van der Waals surface area (Å²) in [5, 5.41) is 3.51. The minimum absolute atomic E-state index is 0.0984. The Morgan fingerprint density at radius 2 is 1.77 bits per heavy atom. The number of piperidine rings is 1. The van der Waals surface area contributed by atoms with E-state index in [4.69, 9.17) is 14.7 Å². The predicted molar refractivity (Wildman–Crippen MR) is 116 cm³/mol. The fourth-order valence-electron chi connectivity index (χ4n) is 3.69. The zero-order chi connectivity index (χ0) is 20.7. The van der Waals surface area contributed by atoms with Crippen LogP contribution in [0.5, 0.6) is 5.75 Å². The number of hydrogen-bond acceptors (Lipinski definition) is 5. The fraction of sp³-hybridized carbons (Fsp3) is 0.364. The van der Waals surface area contributed by atoms with Crippen molar-refractivity contribution in [1.29, 1.82) is 0 Å². The highest BCUT2D eigenvalue weighted by molar-refractivity contribution is 9.10. The first-order chi connectivity index (χ1) is 14.5. The molecule has 0 spiro atoms. The molecule has 30 heavy (non-hydrogen) atoms. The van der Waals surface area contributed by atoms with E-state index in [0.29, 0.717) is 6.04 Å². The molecule has 0 amide bonds. The van der Waals surface area contributed by atoms with Crippen LogP contribution in [0, 0.1) is 11.6 Å². The summed E-state index contributed by atoms with van der Waals surface area (Å²) in [5.74, 6) is 0.489. The van der Waals surface area contributed by atoms with E-state index >= 15 is 0 Å². The van der Waals surface area contributed by atoms with Gasteiger partial charge in [0.15, 0.2) is 23.2 Å². The Balaban J connectivity index is 1.34. The van der Waals surface area contributed by atoms with Gasteiger partial charge in [-0.05, 0) is 43.2 Å². The molecule has 1 saturated carbocycles. The summed E-state index contributed by atoms with van der Waals surface area (Å²) in [5.41, 5.74) is 1.70. The smallest absolute Gasteiger partial charge is 0.172 e. The van der Waals surface area contributed by atoms with Crippen LogP contribution in [-0.4, -0.2) is 35.2 Å². The summed E-state index contributed by atoms with van der Waals surface area (Å²) in [4.78, 5) is 11.9. The lowest BCUT2D eigenvalue weighted by atomic mass is 10.1. The van der Waals surface area contributed by atoms with Crippen molar-refractivity contribution in [2.24, 2.45) is 0 Å². The van der Waals surface area contributed by atoms with E-state index in [-0.39, 0.29) is 11.9 Å². The van der Waals surface area contributed by atoms with E-state index in [2.05, 4.69) is 26.1 Å². The molecule has 8 heteroatoms. The second-order valence-corrected chi connectivity index (χ2v) is 8.74. The maximum Gasteiger partial charge on any atom is 0.172 e. The number of hydrogen-bond donors (Lipinski definition) is 1. The number of aromatic nitrogens is 2. The van der Waals surface area contributed by atoms with Gasteiger partial charge in [-0.15, -0.1) is 0 Å². The third-order valence-electron chi connectivity index (χ3n) is 5.46. The normalized spacial score (nSPS) is 17.4. The van der Waals surface area contributed by atoms with E-state index in [9.17, 15) is 8.78 Å². The molecule has 1 aliphatic carbocycles. The van der Waals surface area contributed by atoms with E-state index in [1.54, 1.807) is 0 Å². The minimum Gasteiger partial charge on any atom is -0.487 e. The molecular weight excluding hydrogens is 454 g/mol. The van der Waals surface area contributed by atoms with Gasteiger partial charge in [-0.1, -0.05) is 15.9 Å². The highest BCUT2D eigenvalue weighted by Gasteiger charge is 2.28. The van der Waals surface area contributed by atoms with Gasteiger partial charge in [0.05, 0.1) is 11.0 Å². The fourth-order valence-corrected chi connectivity index (χ4v) is 4.04.